The second kappa shape index (κ2) is 9.80. The lowest BCUT2D eigenvalue weighted by atomic mass is 10.2. The second-order valence-electron chi connectivity index (χ2n) is 7.36. The summed E-state index contributed by atoms with van der Waals surface area (Å²) in [6, 6.07) is 12.4. The van der Waals surface area contributed by atoms with Gasteiger partial charge in [-0.2, -0.15) is 0 Å². The molecule has 0 atom stereocenters. The van der Waals surface area contributed by atoms with E-state index in [0.29, 0.717) is 49.2 Å². The summed E-state index contributed by atoms with van der Waals surface area (Å²) in [7, 11) is 0. The van der Waals surface area contributed by atoms with Gasteiger partial charge in [0.25, 0.3) is 5.56 Å². The van der Waals surface area contributed by atoms with Crippen LogP contribution in [0.2, 0.25) is 10.0 Å². The number of nitrogens with zero attached hydrogens (tertiary/aromatic N) is 4. The summed E-state index contributed by atoms with van der Waals surface area (Å²) in [5.41, 5.74) is 0.0343. The molecule has 1 aliphatic rings. The first-order valence-electron chi connectivity index (χ1n) is 10.4. The van der Waals surface area contributed by atoms with Crippen molar-refractivity contribution in [2.45, 2.75) is 6.92 Å². The van der Waals surface area contributed by atoms with Gasteiger partial charge in [0.1, 0.15) is 11.6 Å². The van der Waals surface area contributed by atoms with Crippen LogP contribution in [0.3, 0.4) is 0 Å². The number of carbonyl (C=O) groups is 1. The topological polar surface area (TPSA) is 67.7 Å². The molecule has 0 bridgehead atoms. The van der Waals surface area contributed by atoms with Crippen molar-refractivity contribution >= 4 is 35.1 Å². The number of carbonyl (C=O) groups excluding carboxylic acids is 1. The molecule has 1 saturated heterocycles. The summed E-state index contributed by atoms with van der Waals surface area (Å²) < 4.78 is 21.0. The minimum atomic E-state index is -0.657. The number of aromatic nitrogens is 2. The Morgan fingerprint density at radius 3 is 2.48 bits per heavy atom. The van der Waals surface area contributed by atoms with E-state index < -0.39 is 11.4 Å². The fourth-order valence-electron chi connectivity index (χ4n) is 3.68. The lowest BCUT2D eigenvalue weighted by Gasteiger charge is -2.35. The van der Waals surface area contributed by atoms with Crippen molar-refractivity contribution < 1.29 is 13.9 Å². The van der Waals surface area contributed by atoms with Crippen LogP contribution in [0.4, 0.5) is 15.0 Å². The molecule has 0 radical (unpaired) electrons. The van der Waals surface area contributed by atoms with Crippen LogP contribution in [0, 0.1) is 5.82 Å². The fourth-order valence-corrected chi connectivity index (χ4v) is 4.06. The van der Waals surface area contributed by atoms with Crippen LogP contribution < -0.4 is 10.5 Å². The molecule has 1 aliphatic heterocycles. The highest BCUT2D eigenvalue weighted by Crippen LogP contribution is 2.30. The Hall–Kier alpha value is -3.10. The number of ether oxygens (including phenoxy) is 1. The van der Waals surface area contributed by atoms with Crippen molar-refractivity contribution in [3.63, 3.8) is 0 Å². The van der Waals surface area contributed by atoms with E-state index in [1.54, 1.807) is 36.1 Å². The predicted octanol–water partition coefficient (Wildman–Crippen LogP) is 4.62. The van der Waals surface area contributed by atoms with E-state index in [4.69, 9.17) is 32.9 Å². The lowest BCUT2D eigenvalue weighted by Crippen LogP contribution is -2.49. The number of benzene rings is 2. The number of rotatable bonds is 4. The number of amides is 1. The van der Waals surface area contributed by atoms with E-state index >= 15 is 0 Å². The molecule has 0 aliphatic carbocycles. The molecule has 3 aromatic rings. The number of anilines is 1. The third kappa shape index (κ3) is 4.82. The predicted molar refractivity (Wildman–Crippen MR) is 126 cm³/mol. The Morgan fingerprint density at radius 1 is 1.09 bits per heavy atom. The minimum Gasteiger partial charge on any atom is -0.450 e. The van der Waals surface area contributed by atoms with Gasteiger partial charge in [0.05, 0.1) is 17.3 Å². The molecule has 4 rings (SSSR count). The van der Waals surface area contributed by atoms with Crippen LogP contribution in [-0.4, -0.2) is 53.3 Å². The van der Waals surface area contributed by atoms with Crippen molar-refractivity contribution in [2.24, 2.45) is 0 Å². The molecule has 0 N–H and O–H groups in total. The SMILES string of the molecule is CCOC(=O)N1CCN(c2cc(=O)n(-c3ccc(Cl)cc3F)c(-c3ccccc3Cl)n2)CC1. The van der Waals surface area contributed by atoms with E-state index in [2.05, 4.69) is 0 Å². The zero-order valence-electron chi connectivity index (χ0n) is 17.8. The van der Waals surface area contributed by atoms with E-state index in [1.807, 2.05) is 4.90 Å². The quantitative estimate of drug-likeness (QED) is 0.533. The Bertz CT molecular complexity index is 1240. The molecule has 33 heavy (non-hydrogen) atoms. The van der Waals surface area contributed by atoms with Gasteiger partial charge in [-0.15, -0.1) is 0 Å². The van der Waals surface area contributed by atoms with Crippen molar-refractivity contribution in [1.29, 1.82) is 0 Å². The van der Waals surface area contributed by atoms with Gasteiger partial charge in [-0.3, -0.25) is 9.36 Å². The number of piperazine rings is 1. The van der Waals surface area contributed by atoms with Gasteiger partial charge in [-0.1, -0.05) is 35.3 Å². The van der Waals surface area contributed by atoms with Gasteiger partial charge in [0.15, 0.2) is 5.82 Å². The normalized spacial score (nSPS) is 13.8. The fraction of sp³-hybridized carbons (Fsp3) is 0.261. The van der Waals surface area contributed by atoms with Gasteiger partial charge < -0.3 is 14.5 Å². The lowest BCUT2D eigenvalue weighted by molar-refractivity contribution is 0.105. The molecule has 172 valence electrons. The first kappa shape index (κ1) is 23.1. The molecule has 10 heteroatoms. The Balaban J connectivity index is 1.77. The Labute approximate surface area is 199 Å². The van der Waals surface area contributed by atoms with Crippen molar-refractivity contribution in [2.75, 3.05) is 37.7 Å². The average Bonchev–Trinajstić information content (AvgIpc) is 2.80. The van der Waals surface area contributed by atoms with E-state index in [0.717, 1.165) is 6.07 Å². The summed E-state index contributed by atoms with van der Waals surface area (Å²) >= 11 is 12.3. The molecule has 1 fully saturated rings. The van der Waals surface area contributed by atoms with Crippen LogP contribution in [0.25, 0.3) is 17.1 Å². The summed E-state index contributed by atoms with van der Waals surface area (Å²) in [5, 5.41) is 0.587. The second-order valence-corrected chi connectivity index (χ2v) is 8.20. The third-order valence-electron chi connectivity index (χ3n) is 5.30. The molecule has 0 unspecified atom stereocenters. The molecule has 0 saturated carbocycles. The highest BCUT2D eigenvalue weighted by molar-refractivity contribution is 6.33. The summed E-state index contributed by atoms with van der Waals surface area (Å²) in [5.74, 6) is -0.0308. The monoisotopic (exact) mass is 490 g/mol. The van der Waals surface area contributed by atoms with Gasteiger partial charge in [-0.25, -0.2) is 14.2 Å². The highest BCUT2D eigenvalue weighted by atomic mass is 35.5. The van der Waals surface area contributed by atoms with E-state index in [-0.39, 0.29) is 22.6 Å². The Kier molecular flexibility index (Phi) is 6.85. The number of hydrogen-bond acceptors (Lipinski definition) is 5. The summed E-state index contributed by atoms with van der Waals surface area (Å²) in [6.07, 6.45) is -0.365. The summed E-state index contributed by atoms with van der Waals surface area (Å²) in [4.78, 5) is 33.5. The molecule has 2 heterocycles. The van der Waals surface area contributed by atoms with Gasteiger partial charge in [0, 0.05) is 42.8 Å². The molecule has 7 nitrogen and oxygen atoms in total. The van der Waals surface area contributed by atoms with E-state index in [9.17, 15) is 14.0 Å². The maximum absolute atomic E-state index is 14.8. The van der Waals surface area contributed by atoms with Crippen molar-refractivity contribution in [3.05, 3.63) is 74.7 Å². The molecule has 2 aromatic carbocycles. The maximum atomic E-state index is 14.8. The first-order valence-corrected chi connectivity index (χ1v) is 11.2. The highest BCUT2D eigenvalue weighted by Gasteiger charge is 2.25. The maximum Gasteiger partial charge on any atom is 0.409 e. The number of halogens is 3. The van der Waals surface area contributed by atoms with Crippen molar-refractivity contribution in [1.82, 2.24) is 14.5 Å². The van der Waals surface area contributed by atoms with Crippen LogP contribution in [0.15, 0.2) is 53.3 Å². The van der Waals surface area contributed by atoms with Crippen LogP contribution in [-0.2, 0) is 4.74 Å². The molecule has 1 aromatic heterocycles. The smallest absolute Gasteiger partial charge is 0.409 e. The molecule has 1 amide bonds. The largest absolute Gasteiger partial charge is 0.450 e. The van der Waals surface area contributed by atoms with Crippen LogP contribution in [0.1, 0.15) is 6.92 Å². The zero-order chi connectivity index (χ0) is 23.5. The third-order valence-corrected chi connectivity index (χ3v) is 5.86. The minimum absolute atomic E-state index is 0.0190. The van der Waals surface area contributed by atoms with E-state index in [1.165, 1.54) is 22.8 Å². The summed E-state index contributed by atoms with van der Waals surface area (Å²) in [6.45, 7) is 3.85. The zero-order valence-corrected chi connectivity index (χ0v) is 19.3. The van der Waals surface area contributed by atoms with Crippen LogP contribution >= 0.6 is 23.2 Å². The van der Waals surface area contributed by atoms with Gasteiger partial charge >= 0.3 is 6.09 Å². The molecule has 0 spiro atoms. The van der Waals surface area contributed by atoms with Crippen LogP contribution in [0.5, 0.6) is 0 Å². The average molecular weight is 491 g/mol. The standard InChI is InChI=1S/C23H21Cl2FN4O3/c1-2-33-23(32)29-11-9-28(10-12-29)20-14-21(31)30(19-8-7-15(24)13-18(19)26)22(27-20)16-5-3-4-6-17(16)25/h3-8,13-14H,2,9-12H2,1H3. The van der Waals surface area contributed by atoms with Gasteiger partial charge in [0.2, 0.25) is 0 Å². The number of hydrogen-bond donors (Lipinski definition) is 0. The molecular weight excluding hydrogens is 470 g/mol. The Morgan fingerprint density at radius 2 is 1.82 bits per heavy atom. The van der Waals surface area contributed by atoms with Gasteiger partial charge in [-0.05, 0) is 37.3 Å². The van der Waals surface area contributed by atoms with Crippen molar-refractivity contribution in [3.8, 4) is 17.1 Å². The first-order chi connectivity index (χ1) is 15.9. The molecular formula is C23H21Cl2FN4O3.